The highest BCUT2D eigenvalue weighted by atomic mass is 16.3. The van der Waals surface area contributed by atoms with Crippen LogP contribution >= 0.6 is 0 Å². The van der Waals surface area contributed by atoms with E-state index in [1.807, 2.05) is 20.8 Å². The lowest BCUT2D eigenvalue weighted by atomic mass is 10.0. The molecule has 1 heterocycles. The zero-order valence-electron chi connectivity index (χ0n) is 22.9. The lowest BCUT2D eigenvalue weighted by Crippen LogP contribution is -2.56. The molecule has 3 N–H and O–H groups in total. The Kier molecular flexibility index (Phi) is 16.9. The molecule has 0 aromatic heterocycles. The highest BCUT2D eigenvalue weighted by Crippen LogP contribution is 2.21. The van der Waals surface area contributed by atoms with Crippen molar-refractivity contribution in [1.29, 1.82) is 0 Å². The number of nitrogens with one attached hydrogen (secondary N) is 2. The van der Waals surface area contributed by atoms with Gasteiger partial charge in [0.15, 0.2) is 12.0 Å². The first kappa shape index (κ1) is 31.6. The highest BCUT2D eigenvalue weighted by molar-refractivity contribution is 5.90. The van der Waals surface area contributed by atoms with E-state index in [4.69, 9.17) is 0 Å². The molecule has 204 valence electrons. The van der Waals surface area contributed by atoms with Crippen LogP contribution in [0.5, 0.6) is 0 Å². The van der Waals surface area contributed by atoms with E-state index in [1.165, 1.54) is 51.4 Å². The normalized spacial score (nSPS) is 17.9. The lowest BCUT2D eigenvalue weighted by molar-refractivity contribution is -0.143. The maximum Gasteiger partial charge on any atom is 0.242 e. The van der Waals surface area contributed by atoms with Crippen LogP contribution in [0.1, 0.15) is 124 Å². The molecule has 0 spiro atoms. The van der Waals surface area contributed by atoms with Gasteiger partial charge in [-0.15, -0.1) is 0 Å². The van der Waals surface area contributed by atoms with Crippen molar-refractivity contribution in [2.75, 3.05) is 13.1 Å². The molecule has 0 radical (unpaired) electrons. The third-order valence-electron chi connectivity index (χ3n) is 7.05. The summed E-state index contributed by atoms with van der Waals surface area (Å²) in [4.78, 5) is 39.7. The number of nitrogens with zero attached hydrogens (tertiary/aromatic N) is 1. The summed E-state index contributed by atoms with van der Waals surface area (Å²) in [5.41, 5.74) is 0. The zero-order chi connectivity index (χ0) is 26.1. The molecule has 7 nitrogen and oxygen atoms in total. The molecule has 3 atom stereocenters. The topological polar surface area (TPSA) is 98.7 Å². The van der Waals surface area contributed by atoms with E-state index in [1.54, 1.807) is 4.90 Å². The summed E-state index contributed by atoms with van der Waals surface area (Å²) in [6, 6.07) is -1.20. The Hall–Kier alpha value is -1.47. The molecular formula is C28H53N3O4. The molecule has 0 saturated carbocycles. The predicted molar refractivity (Wildman–Crippen MR) is 142 cm³/mol. The van der Waals surface area contributed by atoms with Crippen molar-refractivity contribution < 1.29 is 19.5 Å². The molecule has 7 heteroatoms. The largest absolute Gasteiger partial charge is 0.371 e. The van der Waals surface area contributed by atoms with Crippen LogP contribution in [0.3, 0.4) is 0 Å². The van der Waals surface area contributed by atoms with Crippen LogP contribution in [-0.2, 0) is 14.4 Å². The number of carbonyl (C=O) groups excluding carboxylic acids is 3. The number of hydrogen-bond donors (Lipinski definition) is 3. The van der Waals surface area contributed by atoms with Crippen molar-refractivity contribution in [1.82, 2.24) is 15.5 Å². The molecular weight excluding hydrogens is 442 g/mol. The Labute approximate surface area is 214 Å². The fourth-order valence-corrected chi connectivity index (χ4v) is 4.75. The monoisotopic (exact) mass is 495 g/mol. The number of unbranched alkanes of at least 4 members (excludes halogenated alkanes) is 10. The highest BCUT2D eigenvalue weighted by Gasteiger charge is 2.38. The zero-order valence-corrected chi connectivity index (χ0v) is 22.9. The fourth-order valence-electron chi connectivity index (χ4n) is 4.75. The second kappa shape index (κ2) is 18.8. The number of aliphatic hydroxyl groups excluding tert-OH is 1. The van der Waals surface area contributed by atoms with E-state index in [9.17, 15) is 19.5 Å². The molecule has 35 heavy (non-hydrogen) atoms. The number of rotatable bonds is 20. The van der Waals surface area contributed by atoms with E-state index in [0.29, 0.717) is 25.9 Å². The Morgan fingerprint density at radius 2 is 1.46 bits per heavy atom. The van der Waals surface area contributed by atoms with E-state index in [2.05, 4.69) is 17.6 Å². The predicted octanol–water partition coefficient (Wildman–Crippen LogP) is 4.71. The Bertz CT molecular complexity index is 611. The first-order chi connectivity index (χ1) is 16.8. The van der Waals surface area contributed by atoms with Gasteiger partial charge >= 0.3 is 0 Å². The molecule has 0 aromatic rings. The first-order valence-electron chi connectivity index (χ1n) is 14.4. The molecule has 1 unspecified atom stereocenters. The van der Waals surface area contributed by atoms with E-state index >= 15 is 0 Å². The molecule has 1 aliphatic heterocycles. The Balaban J connectivity index is 2.39. The van der Waals surface area contributed by atoms with Gasteiger partial charge in [-0.3, -0.25) is 19.3 Å². The summed E-state index contributed by atoms with van der Waals surface area (Å²) >= 11 is 0. The van der Waals surface area contributed by atoms with Crippen molar-refractivity contribution in [3.05, 3.63) is 0 Å². The maximum absolute atomic E-state index is 13.0. The quantitative estimate of drug-likeness (QED) is 0.213. The van der Waals surface area contributed by atoms with Crippen molar-refractivity contribution in [2.45, 2.75) is 142 Å². The number of carbonyl (C=O) groups is 3. The van der Waals surface area contributed by atoms with Crippen LogP contribution in [0, 0.1) is 5.92 Å². The van der Waals surface area contributed by atoms with Crippen LogP contribution in [0.2, 0.25) is 0 Å². The molecule has 0 bridgehead atoms. The Morgan fingerprint density at radius 1 is 0.886 bits per heavy atom. The molecule has 1 rings (SSSR count). The van der Waals surface area contributed by atoms with Gasteiger partial charge in [0.05, 0.1) is 6.04 Å². The maximum atomic E-state index is 13.0. The van der Waals surface area contributed by atoms with Crippen molar-refractivity contribution >= 4 is 17.6 Å². The number of likely N-dealkylation sites (tertiary alicyclic amines) is 1. The third kappa shape index (κ3) is 12.4. The van der Waals surface area contributed by atoms with Gasteiger partial charge in [-0.05, 0) is 31.6 Å². The van der Waals surface area contributed by atoms with E-state index < -0.39 is 18.3 Å². The second-order valence-electron chi connectivity index (χ2n) is 10.5. The second-order valence-corrected chi connectivity index (χ2v) is 10.5. The summed E-state index contributed by atoms with van der Waals surface area (Å²) in [6.07, 6.45) is 14.5. The number of Topliss-reactive ketones (excluding diaryl/α,β-unsaturated/α-hetero) is 1. The SMILES string of the molecule is CCCCCCCCCCCCNC(=O)[C@@H](NC(=O)[C@@H]1CCCN1C(O)C(=O)CCCC)C(C)C. The number of hydrogen-bond acceptors (Lipinski definition) is 5. The summed E-state index contributed by atoms with van der Waals surface area (Å²) in [5, 5.41) is 16.4. The van der Waals surface area contributed by atoms with Crippen molar-refractivity contribution in [2.24, 2.45) is 5.92 Å². The smallest absolute Gasteiger partial charge is 0.242 e. The van der Waals surface area contributed by atoms with Gasteiger partial charge in [0, 0.05) is 19.5 Å². The lowest BCUT2D eigenvalue weighted by Gasteiger charge is -2.30. The van der Waals surface area contributed by atoms with Crippen LogP contribution in [0.4, 0.5) is 0 Å². The summed E-state index contributed by atoms with van der Waals surface area (Å²) in [6.45, 7) is 9.20. The van der Waals surface area contributed by atoms with Gasteiger partial charge in [0.1, 0.15) is 6.04 Å². The fraction of sp³-hybridized carbons (Fsp3) is 0.893. The van der Waals surface area contributed by atoms with Crippen LogP contribution in [0.15, 0.2) is 0 Å². The summed E-state index contributed by atoms with van der Waals surface area (Å²) in [5.74, 6) is -0.732. The van der Waals surface area contributed by atoms with Crippen molar-refractivity contribution in [3.8, 4) is 0 Å². The average molecular weight is 496 g/mol. The minimum Gasteiger partial charge on any atom is -0.371 e. The number of aliphatic hydroxyl groups is 1. The molecule has 0 aliphatic carbocycles. The van der Waals surface area contributed by atoms with Gasteiger partial charge in [-0.25, -0.2) is 0 Å². The molecule has 1 fully saturated rings. The minimum absolute atomic E-state index is 0.0578. The van der Waals surface area contributed by atoms with Gasteiger partial charge in [-0.1, -0.05) is 91.9 Å². The van der Waals surface area contributed by atoms with Crippen LogP contribution in [-0.4, -0.2) is 59.0 Å². The minimum atomic E-state index is -1.25. The van der Waals surface area contributed by atoms with Gasteiger partial charge in [-0.2, -0.15) is 0 Å². The summed E-state index contributed by atoms with van der Waals surface area (Å²) in [7, 11) is 0. The Morgan fingerprint density at radius 3 is 2.03 bits per heavy atom. The molecule has 1 aliphatic rings. The van der Waals surface area contributed by atoms with Crippen LogP contribution < -0.4 is 10.6 Å². The third-order valence-corrected chi connectivity index (χ3v) is 7.05. The van der Waals surface area contributed by atoms with Crippen LogP contribution in [0.25, 0.3) is 0 Å². The van der Waals surface area contributed by atoms with E-state index in [0.717, 1.165) is 32.1 Å². The van der Waals surface area contributed by atoms with Gasteiger partial charge in [0.25, 0.3) is 0 Å². The van der Waals surface area contributed by atoms with Gasteiger partial charge < -0.3 is 15.7 Å². The molecule has 1 saturated heterocycles. The summed E-state index contributed by atoms with van der Waals surface area (Å²) < 4.78 is 0. The first-order valence-corrected chi connectivity index (χ1v) is 14.4. The van der Waals surface area contributed by atoms with Crippen molar-refractivity contribution in [3.63, 3.8) is 0 Å². The van der Waals surface area contributed by atoms with E-state index in [-0.39, 0.29) is 23.5 Å². The standard InChI is InChI=1S/C28H53N3O4/c1-5-7-9-10-11-12-13-14-15-16-20-29-27(34)25(22(3)4)30-26(33)23-18-17-21-31(23)28(35)24(32)19-8-6-2/h22-23,25,28,35H,5-21H2,1-4H3,(H,29,34)(H,30,33)/t23-,25-,28?/m0/s1. The number of ketones is 1. The number of amides is 2. The average Bonchev–Trinajstić information content (AvgIpc) is 3.33. The molecule has 2 amide bonds. The van der Waals surface area contributed by atoms with Gasteiger partial charge in [0.2, 0.25) is 11.8 Å². The molecule has 0 aromatic carbocycles.